The zero-order valence-corrected chi connectivity index (χ0v) is 30.3. The number of anilines is 2. The van der Waals surface area contributed by atoms with E-state index in [0.29, 0.717) is 61.0 Å². The maximum Gasteiger partial charge on any atom is 0.348 e. The standard InChI is InChI=1S/C40H46N4O8/c1-29(2)37(45)51-23-19-43(5)35-15-11-31(12-16-35)25-33(27-41)39(47)49-21-9-7-8-10-22-50-40(48)34(28-42)26-32-13-17-36(18-14-32)44(6)20-24-52-38(46)30(3)4/h11-18,25-26H,1,3,7-10,19-24H2,2,4-6H3/b33-25+,34-26+. The third kappa shape index (κ3) is 15.2. The SMILES string of the molecule is C=C(C)C(=O)OCCN(C)c1ccc(/C=C(\C#N)C(=O)OCCCCCCOC(=O)/C(C#N)=C/c2ccc(N(C)CCOC(=O)C(=C)C)cc2)cc1. The van der Waals surface area contributed by atoms with E-state index >= 15 is 0 Å². The molecule has 0 radical (unpaired) electrons. The average molecular weight is 711 g/mol. The van der Waals surface area contributed by atoms with E-state index in [2.05, 4.69) is 13.2 Å². The molecule has 0 aliphatic heterocycles. The number of nitrogens with zero attached hydrogens (tertiary/aromatic N) is 4. The fourth-order valence-corrected chi connectivity index (χ4v) is 4.36. The summed E-state index contributed by atoms with van der Waals surface area (Å²) < 4.78 is 20.8. The van der Waals surface area contributed by atoms with E-state index in [4.69, 9.17) is 18.9 Å². The molecule has 2 aromatic carbocycles. The summed E-state index contributed by atoms with van der Waals surface area (Å²) >= 11 is 0. The number of rotatable bonds is 21. The smallest absolute Gasteiger partial charge is 0.348 e. The largest absolute Gasteiger partial charge is 0.462 e. The van der Waals surface area contributed by atoms with E-state index < -0.39 is 23.9 Å². The van der Waals surface area contributed by atoms with Gasteiger partial charge in [-0.2, -0.15) is 10.5 Å². The van der Waals surface area contributed by atoms with E-state index in [1.165, 1.54) is 12.2 Å². The zero-order chi connectivity index (χ0) is 38.5. The Morgan fingerprint density at radius 3 is 1.21 bits per heavy atom. The number of carbonyl (C=O) groups excluding carboxylic acids is 4. The molecule has 2 aromatic rings. The topological polar surface area (TPSA) is 159 Å². The lowest BCUT2D eigenvalue weighted by Crippen LogP contribution is -2.24. The number of hydrogen-bond donors (Lipinski definition) is 0. The molecule has 0 heterocycles. The van der Waals surface area contributed by atoms with Crippen LogP contribution in [-0.4, -0.2) is 77.5 Å². The van der Waals surface area contributed by atoms with Crippen molar-refractivity contribution < 1.29 is 38.1 Å². The van der Waals surface area contributed by atoms with Gasteiger partial charge in [-0.3, -0.25) is 0 Å². The highest BCUT2D eigenvalue weighted by Crippen LogP contribution is 2.18. The summed E-state index contributed by atoms with van der Waals surface area (Å²) in [6.45, 7) is 11.9. The summed E-state index contributed by atoms with van der Waals surface area (Å²) in [6.07, 6.45) is 5.46. The lowest BCUT2D eigenvalue weighted by molar-refractivity contribution is -0.139. The number of esters is 4. The zero-order valence-electron chi connectivity index (χ0n) is 30.3. The van der Waals surface area contributed by atoms with Crippen molar-refractivity contribution in [2.75, 3.05) is 63.4 Å². The molecule has 274 valence electrons. The van der Waals surface area contributed by atoms with Gasteiger partial charge in [-0.15, -0.1) is 0 Å². The van der Waals surface area contributed by atoms with Crippen LogP contribution < -0.4 is 9.80 Å². The third-order valence-corrected chi connectivity index (χ3v) is 7.49. The first kappa shape index (κ1) is 42.0. The Morgan fingerprint density at radius 2 is 0.904 bits per heavy atom. The minimum atomic E-state index is -0.712. The van der Waals surface area contributed by atoms with Crippen molar-refractivity contribution in [3.63, 3.8) is 0 Å². The predicted octanol–water partition coefficient (Wildman–Crippen LogP) is 5.96. The van der Waals surface area contributed by atoms with Crippen LogP contribution in [0.1, 0.15) is 50.7 Å². The van der Waals surface area contributed by atoms with Crippen LogP contribution >= 0.6 is 0 Å². The molecule has 2 rings (SSSR count). The molecule has 52 heavy (non-hydrogen) atoms. The number of benzene rings is 2. The average Bonchev–Trinajstić information content (AvgIpc) is 3.13. The minimum Gasteiger partial charge on any atom is -0.462 e. The lowest BCUT2D eigenvalue weighted by Gasteiger charge is -2.19. The Kier molecular flexibility index (Phi) is 18.2. The van der Waals surface area contributed by atoms with Crippen LogP contribution in [0, 0.1) is 22.7 Å². The number of unbranched alkanes of at least 4 members (excludes halogenated alkanes) is 3. The fourth-order valence-electron chi connectivity index (χ4n) is 4.36. The van der Waals surface area contributed by atoms with Gasteiger partial charge in [0.2, 0.25) is 0 Å². The van der Waals surface area contributed by atoms with Gasteiger partial charge in [0.25, 0.3) is 0 Å². The molecule has 0 aliphatic rings. The number of ether oxygens (including phenoxy) is 4. The monoisotopic (exact) mass is 710 g/mol. The van der Waals surface area contributed by atoms with Crippen molar-refractivity contribution in [1.29, 1.82) is 10.5 Å². The van der Waals surface area contributed by atoms with Gasteiger partial charge in [0.15, 0.2) is 0 Å². The van der Waals surface area contributed by atoms with Gasteiger partial charge >= 0.3 is 23.9 Å². The Morgan fingerprint density at radius 1 is 0.577 bits per heavy atom. The van der Waals surface area contributed by atoms with Gasteiger partial charge in [-0.1, -0.05) is 37.4 Å². The fraction of sp³-hybridized carbons (Fsp3) is 0.350. The number of hydrogen-bond acceptors (Lipinski definition) is 12. The van der Waals surface area contributed by atoms with Crippen LogP contribution in [0.4, 0.5) is 11.4 Å². The Labute approximate surface area is 305 Å². The van der Waals surface area contributed by atoms with E-state index in [1.807, 2.05) is 60.3 Å². The molecule has 12 heteroatoms. The van der Waals surface area contributed by atoms with Crippen molar-refractivity contribution in [3.05, 3.63) is 95.1 Å². The molecule has 0 unspecified atom stereocenters. The van der Waals surface area contributed by atoms with Crippen LogP contribution in [-0.2, 0) is 38.1 Å². The first-order valence-corrected chi connectivity index (χ1v) is 16.7. The first-order valence-electron chi connectivity index (χ1n) is 16.7. The summed E-state index contributed by atoms with van der Waals surface area (Å²) in [7, 11) is 3.71. The van der Waals surface area contributed by atoms with Crippen molar-refractivity contribution in [2.24, 2.45) is 0 Å². The highest BCUT2D eigenvalue weighted by Gasteiger charge is 2.13. The predicted molar refractivity (Wildman–Crippen MR) is 199 cm³/mol. The maximum absolute atomic E-state index is 12.5. The van der Waals surface area contributed by atoms with Crippen LogP contribution in [0.15, 0.2) is 84.0 Å². The molecule has 0 bridgehead atoms. The van der Waals surface area contributed by atoms with E-state index in [9.17, 15) is 29.7 Å². The van der Waals surface area contributed by atoms with Crippen LogP contribution in [0.5, 0.6) is 0 Å². The van der Waals surface area contributed by atoms with Crippen LogP contribution in [0.3, 0.4) is 0 Å². The van der Waals surface area contributed by atoms with Gasteiger partial charge in [-0.05, 0) is 87.1 Å². The lowest BCUT2D eigenvalue weighted by atomic mass is 10.1. The minimum absolute atomic E-state index is 0.122. The molecular weight excluding hydrogens is 664 g/mol. The van der Waals surface area contributed by atoms with Crippen LogP contribution in [0.25, 0.3) is 12.2 Å². The van der Waals surface area contributed by atoms with E-state index in [0.717, 1.165) is 11.4 Å². The molecule has 0 fully saturated rings. The molecule has 0 saturated heterocycles. The van der Waals surface area contributed by atoms with Crippen molar-refractivity contribution in [3.8, 4) is 12.1 Å². The molecule has 0 amide bonds. The number of nitriles is 2. The van der Waals surface area contributed by atoms with Gasteiger partial charge in [-0.25, -0.2) is 19.2 Å². The third-order valence-electron chi connectivity index (χ3n) is 7.49. The molecule has 0 aliphatic carbocycles. The van der Waals surface area contributed by atoms with Gasteiger partial charge in [0.1, 0.15) is 36.5 Å². The Balaban J connectivity index is 1.69. The quantitative estimate of drug-likeness (QED) is 0.0493. The van der Waals surface area contributed by atoms with E-state index in [-0.39, 0.29) is 37.6 Å². The highest BCUT2D eigenvalue weighted by molar-refractivity contribution is 5.98. The second-order valence-corrected chi connectivity index (χ2v) is 11.9. The number of likely N-dealkylation sites (N-methyl/N-ethyl adjacent to an activating group) is 2. The van der Waals surface area contributed by atoms with Gasteiger partial charge < -0.3 is 28.7 Å². The molecular formula is C40H46N4O8. The molecule has 0 aromatic heterocycles. The second kappa shape index (κ2) is 22.6. The molecule has 12 nitrogen and oxygen atoms in total. The molecule has 0 saturated carbocycles. The van der Waals surface area contributed by atoms with E-state index in [1.54, 1.807) is 38.1 Å². The summed E-state index contributed by atoms with van der Waals surface area (Å²) in [5.74, 6) is -2.30. The van der Waals surface area contributed by atoms with Crippen LogP contribution in [0.2, 0.25) is 0 Å². The summed E-state index contributed by atoms with van der Waals surface area (Å²) in [5, 5.41) is 19.0. The van der Waals surface area contributed by atoms with Gasteiger partial charge in [0, 0.05) is 36.6 Å². The van der Waals surface area contributed by atoms with Crippen molar-refractivity contribution in [1.82, 2.24) is 0 Å². The normalized spacial score (nSPS) is 11.0. The summed E-state index contributed by atoms with van der Waals surface area (Å²) in [5.41, 5.74) is 3.48. The second-order valence-electron chi connectivity index (χ2n) is 11.9. The number of carbonyl (C=O) groups is 4. The molecule has 0 N–H and O–H groups in total. The summed E-state index contributed by atoms with van der Waals surface area (Å²) in [4.78, 5) is 51.8. The van der Waals surface area contributed by atoms with Gasteiger partial charge in [0.05, 0.1) is 26.3 Å². The molecule has 0 spiro atoms. The highest BCUT2D eigenvalue weighted by atomic mass is 16.5. The summed E-state index contributed by atoms with van der Waals surface area (Å²) in [6, 6.07) is 18.2. The maximum atomic E-state index is 12.5. The first-order chi connectivity index (χ1) is 24.9. The van der Waals surface area contributed by atoms with Crippen molar-refractivity contribution in [2.45, 2.75) is 39.5 Å². The Hall–Kier alpha value is -6.14. The van der Waals surface area contributed by atoms with Crippen molar-refractivity contribution >= 4 is 47.4 Å². The Bertz CT molecular complexity index is 1590. The molecule has 0 atom stereocenters.